The van der Waals surface area contributed by atoms with Gasteiger partial charge < -0.3 is 20.1 Å². The maximum atomic E-state index is 12.3. The van der Waals surface area contributed by atoms with Gasteiger partial charge >= 0.3 is 0 Å². The minimum atomic E-state index is -0.275. The third-order valence-corrected chi connectivity index (χ3v) is 4.89. The van der Waals surface area contributed by atoms with Crippen LogP contribution >= 0.6 is 11.6 Å². The Kier molecular flexibility index (Phi) is 6.64. The van der Waals surface area contributed by atoms with Gasteiger partial charge in [-0.25, -0.2) is 0 Å². The molecule has 6 nitrogen and oxygen atoms in total. The molecule has 0 saturated heterocycles. The molecule has 3 rings (SSSR count). The number of nitrogens with one attached hydrogen (secondary N) is 2. The molecule has 1 aliphatic heterocycles. The van der Waals surface area contributed by atoms with Gasteiger partial charge in [-0.3, -0.25) is 9.59 Å². The van der Waals surface area contributed by atoms with Crippen LogP contribution in [0.5, 0.6) is 11.5 Å². The molecule has 0 unspecified atom stereocenters. The molecular formula is C22H25ClN2O4. The summed E-state index contributed by atoms with van der Waals surface area (Å²) in [6.07, 6.45) is 0.863. The maximum absolute atomic E-state index is 12.3. The summed E-state index contributed by atoms with van der Waals surface area (Å²) in [5.74, 6) is 0.505. The van der Waals surface area contributed by atoms with Gasteiger partial charge in [-0.1, -0.05) is 29.3 Å². The van der Waals surface area contributed by atoms with Crippen molar-refractivity contribution in [1.29, 1.82) is 0 Å². The van der Waals surface area contributed by atoms with E-state index in [1.54, 1.807) is 12.1 Å². The Morgan fingerprint density at radius 3 is 2.41 bits per heavy atom. The Balaban J connectivity index is 1.57. The van der Waals surface area contributed by atoms with Gasteiger partial charge in [-0.05, 0) is 49.6 Å². The second kappa shape index (κ2) is 9.18. The Hall–Kier alpha value is -2.73. The van der Waals surface area contributed by atoms with Gasteiger partial charge in [-0.15, -0.1) is 0 Å². The molecule has 29 heavy (non-hydrogen) atoms. The van der Waals surface area contributed by atoms with Gasteiger partial charge in [0.2, 0.25) is 11.8 Å². The zero-order valence-electron chi connectivity index (χ0n) is 16.9. The van der Waals surface area contributed by atoms with E-state index in [-0.39, 0.29) is 24.8 Å². The number of ether oxygens (including phenoxy) is 2. The average molecular weight is 417 g/mol. The predicted molar refractivity (Wildman–Crippen MR) is 113 cm³/mol. The van der Waals surface area contributed by atoms with Crippen molar-refractivity contribution in [2.45, 2.75) is 33.6 Å². The summed E-state index contributed by atoms with van der Waals surface area (Å²) in [6.45, 7) is 6.88. The molecule has 154 valence electrons. The van der Waals surface area contributed by atoms with Crippen molar-refractivity contribution in [3.63, 3.8) is 0 Å². The summed E-state index contributed by atoms with van der Waals surface area (Å²) in [4.78, 5) is 24.5. The zero-order valence-corrected chi connectivity index (χ0v) is 17.6. The number of anilines is 1. The zero-order chi connectivity index (χ0) is 21.0. The number of aryl methyl sites for hydroxylation is 3. The van der Waals surface area contributed by atoms with Crippen LogP contribution in [0.4, 0.5) is 5.69 Å². The molecule has 2 aromatic carbocycles. The molecule has 0 aliphatic carbocycles. The SMILES string of the molecule is Cc1cc(C)c(NC(=O)CNC(=O)Cc2cc(Cl)c3c(c2)OCCCO3)c(C)c1. The highest BCUT2D eigenvalue weighted by atomic mass is 35.5. The van der Waals surface area contributed by atoms with E-state index in [9.17, 15) is 9.59 Å². The number of hydrogen-bond acceptors (Lipinski definition) is 4. The van der Waals surface area contributed by atoms with Crippen molar-refractivity contribution in [1.82, 2.24) is 5.32 Å². The second-order valence-corrected chi connectivity index (χ2v) is 7.64. The highest BCUT2D eigenvalue weighted by Crippen LogP contribution is 2.38. The van der Waals surface area contributed by atoms with Gasteiger partial charge in [0.05, 0.1) is 31.2 Å². The van der Waals surface area contributed by atoms with Crippen LogP contribution in [-0.4, -0.2) is 31.6 Å². The van der Waals surface area contributed by atoms with Crippen LogP contribution in [0.3, 0.4) is 0 Å². The third-order valence-electron chi connectivity index (χ3n) is 4.61. The molecule has 7 heteroatoms. The molecule has 2 amide bonds. The number of carbonyl (C=O) groups is 2. The summed E-state index contributed by atoms with van der Waals surface area (Å²) >= 11 is 6.26. The van der Waals surface area contributed by atoms with E-state index in [0.29, 0.717) is 35.3 Å². The van der Waals surface area contributed by atoms with E-state index in [4.69, 9.17) is 21.1 Å². The van der Waals surface area contributed by atoms with Crippen molar-refractivity contribution in [3.05, 3.63) is 51.5 Å². The Morgan fingerprint density at radius 2 is 1.69 bits per heavy atom. The average Bonchev–Trinajstić information content (AvgIpc) is 2.89. The third kappa shape index (κ3) is 5.41. The predicted octanol–water partition coefficient (Wildman–Crippen LogP) is 3.72. The standard InChI is InChI=1S/C22H25ClN2O4/c1-13-7-14(2)21(15(3)8-13)25-20(27)12-24-19(26)11-16-9-17(23)22-18(10-16)28-5-4-6-29-22/h7-10H,4-6,11-12H2,1-3H3,(H,24,26)(H,25,27). The van der Waals surface area contributed by atoms with Crippen LogP contribution in [0.2, 0.25) is 5.02 Å². The van der Waals surface area contributed by atoms with E-state index < -0.39 is 0 Å². The van der Waals surface area contributed by atoms with E-state index >= 15 is 0 Å². The lowest BCUT2D eigenvalue weighted by atomic mass is 10.1. The Morgan fingerprint density at radius 1 is 1.00 bits per heavy atom. The van der Waals surface area contributed by atoms with Gasteiger partial charge in [0.25, 0.3) is 0 Å². The number of rotatable bonds is 5. The second-order valence-electron chi connectivity index (χ2n) is 7.23. The van der Waals surface area contributed by atoms with E-state index in [1.165, 1.54) is 0 Å². The van der Waals surface area contributed by atoms with Crippen molar-refractivity contribution >= 4 is 29.1 Å². The normalized spacial score (nSPS) is 12.8. The molecule has 1 aliphatic rings. The van der Waals surface area contributed by atoms with Crippen LogP contribution in [0.1, 0.15) is 28.7 Å². The van der Waals surface area contributed by atoms with Crippen LogP contribution in [0.15, 0.2) is 24.3 Å². The molecule has 0 bridgehead atoms. The molecule has 0 aromatic heterocycles. The fourth-order valence-electron chi connectivity index (χ4n) is 3.37. The first kappa shape index (κ1) is 21.0. The van der Waals surface area contributed by atoms with E-state index in [0.717, 1.165) is 28.8 Å². The number of hydrogen-bond donors (Lipinski definition) is 2. The van der Waals surface area contributed by atoms with Crippen LogP contribution in [0.25, 0.3) is 0 Å². The van der Waals surface area contributed by atoms with Crippen molar-refractivity contribution in [2.24, 2.45) is 0 Å². The van der Waals surface area contributed by atoms with E-state index in [1.807, 2.05) is 32.9 Å². The fourth-order valence-corrected chi connectivity index (χ4v) is 3.66. The molecular weight excluding hydrogens is 392 g/mol. The first-order valence-electron chi connectivity index (χ1n) is 9.56. The summed E-state index contributed by atoms with van der Waals surface area (Å²) in [7, 11) is 0. The smallest absolute Gasteiger partial charge is 0.243 e. The first-order valence-corrected chi connectivity index (χ1v) is 9.93. The summed E-state index contributed by atoms with van der Waals surface area (Å²) in [6, 6.07) is 7.46. The lowest BCUT2D eigenvalue weighted by molar-refractivity contribution is -0.123. The van der Waals surface area contributed by atoms with Crippen LogP contribution in [0, 0.1) is 20.8 Å². The Bertz CT molecular complexity index is 920. The molecule has 2 aromatic rings. The first-order chi connectivity index (χ1) is 13.8. The minimum absolute atomic E-state index is 0.0895. The molecule has 0 atom stereocenters. The summed E-state index contributed by atoms with van der Waals surface area (Å²) in [5, 5.41) is 5.93. The largest absolute Gasteiger partial charge is 0.489 e. The lowest BCUT2D eigenvalue weighted by Crippen LogP contribution is -2.34. The summed E-state index contributed by atoms with van der Waals surface area (Å²) < 4.78 is 11.2. The quantitative estimate of drug-likeness (QED) is 0.778. The lowest BCUT2D eigenvalue weighted by Gasteiger charge is -2.14. The number of fused-ring (bicyclic) bond motifs is 1. The van der Waals surface area contributed by atoms with Crippen molar-refractivity contribution in [2.75, 3.05) is 25.1 Å². The monoisotopic (exact) mass is 416 g/mol. The minimum Gasteiger partial charge on any atom is -0.489 e. The van der Waals surface area contributed by atoms with Crippen molar-refractivity contribution in [3.8, 4) is 11.5 Å². The highest BCUT2D eigenvalue weighted by Gasteiger charge is 2.17. The number of benzene rings is 2. The molecule has 1 heterocycles. The molecule has 2 N–H and O–H groups in total. The van der Waals surface area contributed by atoms with Gasteiger partial charge in [0.15, 0.2) is 11.5 Å². The van der Waals surface area contributed by atoms with Crippen LogP contribution < -0.4 is 20.1 Å². The highest BCUT2D eigenvalue weighted by molar-refractivity contribution is 6.32. The molecule has 0 saturated carbocycles. The van der Waals surface area contributed by atoms with E-state index in [2.05, 4.69) is 10.6 Å². The van der Waals surface area contributed by atoms with Gasteiger partial charge in [0, 0.05) is 12.1 Å². The Labute approximate surface area is 175 Å². The van der Waals surface area contributed by atoms with Crippen molar-refractivity contribution < 1.29 is 19.1 Å². The van der Waals surface area contributed by atoms with Crippen LogP contribution in [-0.2, 0) is 16.0 Å². The molecule has 0 fully saturated rings. The maximum Gasteiger partial charge on any atom is 0.243 e. The molecule has 0 spiro atoms. The van der Waals surface area contributed by atoms with Gasteiger partial charge in [-0.2, -0.15) is 0 Å². The fraction of sp³-hybridized carbons (Fsp3) is 0.364. The number of carbonyl (C=O) groups excluding carboxylic acids is 2. The van der Waals surface area contributed by atoms with Gasteiger partial charge in [0.1, 0.15) is 0 Å². The number of amides is 2. The molecule has 0 radical (unpaired) electrons. The topological polar surface area (TPSA) is 76.7 Å². The summed E-state index contributed by atoms with van der Waals surface area (Å²) in [5.41, 5.74) is 4.60. The number of halogens is 1.